The highest BCUT2D eigenvalue weighted by Crippen LogP contribution is 2.37. The van der Waals surface area contributed by atoms with Gasteiger partial charge in [0.25, 0.3) is 0 Å². The minimum absolute atomic E-state index is 0.129. The number of imide groups is 2. The van der Waals surface area contributed by atoms with Crippen molar-refractivity contribution in [3.05, 3.63) is 0 Å². The van der Waals surface area contributed by atoms with E-state index in [0.717, 1.165) is 25.7 Å². The summed E-state index contributed by atoms with van der Waals surface area (Å²) < 4.78 is 0. The van der Waals surface area contributed by atoms with Crippen LogP contribution in [-0.4, -0.2) is 28.8 Å². The lowest BCUT2D eigenvalue weighted by molar-refractivity contribution is -0.154. The molecule has 5 nitrogen and oxygen atoms in total. The lowest BCUT2D eigenvalue weighted by atomic mass is 9.78. The molecule has 1 atom stereocenters. The molecule has 1 heterocycles. The predicted octanol–water partition coefficient (Wildman–Crippen LogP) is 2.45. The van der Waals surface area contributed by atoms with E-state index < -0.39 is 17.4 Å². The first-order valence-electron chi connectivity index (χ1n) is 7.67. The zero-order valence-electron chi connectivity index (χ0n) is 12.6. The van der Waals surface area contributed by atoms with E-state index in [2.05, 4.69) is 5.32 Å². The van der Waals surface area contributed by atoms with Gasteiger partial charge in [-0.3, -0.25) is 19.8 Å². The number of urea groups is 1. The smallest absolute Gasteiger partial charge is 0.277 e. The Morgan fingerprint density at radius 2 is 1.75 bits per heavy atom. The summed E-state index contributed by atoms with van der Waals surface area (Å²) in [6, 6.07) is -0.674. The van der Waals surface area contributed by atoms with E-state index in [0.29, 0.717) is 18.8 Å². The zero-order valence-corrected chi connectivity index (χ0v) is 12.6. The molecule has 0 spiro atoms. The molecule has 0 bridgehead atoms. The fraction of sp³-hybridized carbons (Fsp3) is 0.800. The van der Waals surface area contributed by atoms with Crippen molar-refractivity contribution in [3.8, 4) is 0 Å². The van der Waals surface area contributed by atoms with Crippen LogP contribution in [0.25, 0.3) is 0 Å². The van der Waals surface area contributed by atoms with E-state index in [1.807, 2.05) is 20.8 Å². The maximum atomic E-state index is 12.8. The zero-order chi connectivity index (χ0) is 14.9. The highest BCUT2D eigenvalue weighted by molar-refractivity contribution is 6.19. The quantitative estimate of drug-likeness (QED) is 0.804. The summed E-state index contributed by atoms with van der Waals surface area (Å²) >= 11 is 0. The minimum Gasteiger partial charge on any atom is -0.277 e. The number of rotatable bonds is 4. The molecule has 112 valence electrons. The third-order valence-corrected chi connectivity index (χ3v) is 5.20. The summed E-state index contributed by atoms with van der Waals surface area (Å²) in [7, 11) is 0. The SMILES string of the molecule is CCC1(CC)C(=O)NC(=O)N(C(C)C2CCCC2)C1=O. The predicted molar refractivity (Wildman–Crippen MR) is 74.8 cm³/mol. The average Bonchev–Trinajstić information content (AvgIpc) is 2.93. The highest BCUT2D eigenvalue weighted by Gasteiger charge is 2.53. The third-order valence-electron chi connectivity index (χ3n) is 5.20. The van der Waals surface area contributed by atoms with Gasteiger partial charge < -0.3 is 0 Å². The number of amides is 4. The molecule has 2 fully saturated rings. The van der Waals surface area contributed by atoms with E-state index in [-0.39, 0.29) is 11.9 Å². The molecule has 1 N–H and O–H groups in total. The first-order chi connectivity index (χ1) is 9.47. The van der Waals surface area contributed by atoms with Crippen LogP contribution in [0.5, 0.6) is 0 Å². The van der Waals surface area contributed by atoms with Crippen molar-refractivity contribution in [2.24, 2.45) is 11.3 Å². The molecule has 0 aromatic carbocycles. The number of hydrogen-bond acceptors (Lipinski definition) is 3. The molecule has 0 radical (unpaired) electrons. The van der Waals surface area contributed by atoms with Crippen LogP contribution in [-0.2, 0) is 9.59 Å². The minimum atomic E-state index is -1.07. The topological polar surface area (TPSA) is 66.5 Å². The van der Waals surface area contributed by atoms with Crippen LogP contribution in [0.4, 0.5) is 4.79 Å². The van der Waals surface area contributed by atoms with Crippen molar-refractivity contribution < 1.29 is 14.4 Å². The van der Waals surface area contributed by atoms with Gasteiger partial charge in [-0.05, 0) is 38.5 Å². The standard InChI is InChI=1S/C15H24N2O3/c1-4-15(5-2)12(18)16-14(20)17(13(15)19)10(3)11-8-6-7-9-11/h10-11H,4-9H2,1-3H3,(H,16,18,20). The first-order valence-corrected chi connectivity index (χ1v) is 7.67. The van der Waals surface area contributed by atoms with Crippen LogP contribution < -0.4 is 5.32 Å². The molecule has 1 saturated carbocycles. The van der Waals surface area contributed by atoms with Crippen molar-refractivity contribution in [1.29, 1.82) is 0 Å². The van der Waals surface area contributed by atoms with Crippen LogP contribution in [0.3, 0.4) is 0 Å². The van der Waals surface area contributed by atoms with Gasteiger partial charge in [-0.15, -0.1) is 0 Å². The molecule has 2 aliphatic rings. The normalized spacial score (nSPS) is 24.9. The molecule has 4 amide bonds. The summed E-state index contributed by atoms with van der Waals surface area (Å²) in [4.78, 5) is 38.3. The van der Waals surface area contributed by atoms with E-state index in [9.17, 15) is 14.4 Å². The monoisotopic (exact) mass is 280 g/mol. The van der Waals surface area contributed by atoms with Crippen molar-refractivity contribution in [2.45, 2.75) is 65.3 Å². The molecule has 1 saturated heterocycles. The molecule has 1 aliphatic heterocycles. The largest absolute Gasteiger partial charge is 0.331 e. The third kappa shape index (κ3) is 2.13. The summed E-state index contributed by atoms with van der Waals surface area (Å²) in [5.74, 6) is -0.382. The first kappa shape index (κ1) is 15.0. The van der Waals surface area contributed by atoms with E-state index >= 15 is 0 Å². The lowest BCUT2D eigenvalue weighted by Crippen LogP contribution is -2.66. The lowest BCUT2D eigenvalue weighted by Gasteiger charge is -2.42. The molecular formula is C15H24N2O3. The molecule has 0 aromatic heterocycles. The second-order valence-corrected chi connectivity index (χ2v) is 6.01. The summed E-state index contributed by atoms with van der Waals surface area (Å²) in [5.41, 5.74) is -1.07. The Hall–Kier alpha value is -1.39. The fourth-order valence-corrected chi connectivity index (χ4v) is 3.59. The molecular weight excluding hydrogens is 256 g/mol. The maximum Gasteiger partial charge on any atom is 0.331 e. The van der Waals surface area contributed by atoms with Gasteiger partial charge in [0.1, 0.15) is 5.41 Å². The van der Waals surface area contributed by atoms with Crippen LogP contribution in [0.15, 0.2) is 0 Å². The van der Waals surface area contributed by atoms with Gasteiger partial charge >= 0.3 is 6.03 Å². The molecule has 1 aliphatic carbocycles. The van der Waals surface area contributed by atoms with E-state index in [1.54, 1.807) is 0 Å². The number of hydrogen-bond donors (Lipinski definition) is 1. The van der Waals surface area contributed by atoms with Gasteiger partial charge in [-0.25, -0.2) is 4.79 Å². The Bertz CT molecular complexity index is 423. The molecule has 0 aromatic rings. The molecule has 20 heavy (non-hydrogen) atoms. The number of barbiturate groups is 1. The Morgan fingerprint density at radius 3 is 2.25 bits per heavy atom. The van der Waals surface area contributed by atoms with Crippen LogP contribution in [0.2, 0.25) is 0 Å². The van der Waals surface area contributed by atoms with Gasteiger partial charge in [-0.2, -0.15) is 0 Å². The summed E-state index contributed by atoms with van der Waals surface area (Å²) in [6.07, 6.45) is 5.27. The Balaban J connectivity index is 2.29. The van der Waals surface area contributed by atoms with Crippen molar-refractivity contribution in [2.75, 3.05) is 0 Å². The van der Waals surface area contributed by atoms with Gasteiger partial charge in [0.2, 0.25) is 11.8 Å². The van der Waals surface area contributed by atoms with Crippen LogP contribution >= 0.6 is 0 Å². The fourth-order valence-electron chi connectivity index (χ4n) is 3.59. The second kappa shape index (κ2) is 5.54. The van der Waals surface area contributed by atoms with Crippen molar-refractivity contribution in [3.63, 3.8) is 0 Å². The average molecular weight is 280 g/mol. The molecule has 2 rings (SSSR count). The van der Waals surface area contributed by atoms with E-state index in [1.165, 1.54) is 4.90 Å². The van der Waals surface area contributed by atoms with Crippen molar-refractivity contribution >= 4 is 17.8 Å². The van der Waals surface area contributed by atoms with Crippen LogP contribution in [0, 0.1) is 11.3 Å². The number of nitrogens with one attached hydrogen (secondary N) is 1. The second-order valence-electron chi connectivity index (χ2n) is 6.01. The number of carbonyl (C=O) groups excluding carboxylic acids is 3. The summed E-state index contributed by atoms with van der Waals surface area (Å²) in [6.45, 7) is 5.59. The van der Waals surface area contributed by atoms with Gasteiger partial charge in [0, 0.05) is 6.04 Å². The highest BCUT2D eigenvalue weighted by atomic mass is 16.2. The Morgan fingerprint density at radius 1 is 1.20 bits per heavy atom. The van der Waals surface area contributed by atoms with Gasteiger partial charge in [-0.1, -0.05) is 26.7 Å². The van der Waals surface area contributed by atoms with Gasteiger partial charge in [0.05, 0.1) is 0 Å². The maximum absolute atomic E-state index is 12.8. The number of carbonyl (C=O) groups is 3. The molecule has 1 unspecified atom stereocenters. The molecule has 5 heteroatoms. The number of nitrogens with zero attached hydrogens (tertiary/aromatic N) is 1. The summed E-state index contributed by atoms with van der Waals surface area (Å²) in [5, 5.41) is 2.38. The van der Waals surface area contributed by atoms with Crippen molar-refractivity contribution in [1.82, 2.24) is 10.2 Å². The van der Waals surface area contributed by atoms with E-state index in [4.69, 9.17) is 0 Å². The Kier molecular flexibility index (Phi) is 4.16. The Labute approximate surface area is 120 Å². The van der Waals surface area contributed by atoms with Gasteiger partial charge in [0.15, 0.2) is 0 Å². The van der Waals surface area contributed by atoms with Crippen LogP contribution in [0.1, 0.15) is 59.3 Å².